The Morgan fingerprint density at radius 1 is 1.20 bits per heavy atom. The number of rotatable bonds is 7. The van der Waals surface area contributed by atoms with Gasteiger partial charge in [0.1, 0.15) is 13.0 Å². The SMILES string of the molecule is COc1ccc(CNC(=O)CC#N)cc1OCc1c(Cl)cccc1Cl. The van der Waals surface area contributed by atoms with Crippen molar-refractivity contribution in [3.8, 4) is 17.6 Å². The molecule has 0 atom stereocenters. The first-order valence-electron chi connectivity index (χ1n) is 7.41. The zero-order chi connectivity index (χ0) is 18.2. The van der Waals surface area contributed by atoms with Gasteiger partial charge >= 0.3 is 0 Å². The van der Waals surface area contributed by atoms with Crippen LogP contribution in [0.2, 0.25) is 10.0 Å². The third-order valence-corrected chi connectivity index (χ3v) is 4.10. The fourth-order valence-electron chi connectivity index (χ4n) is 2.10. The van der Waals surface area contributed by atoms with E-state index in [-0.39, 0.29) is 25.5 Å². The standard InChI is InChI=1S/C18H16Cl2N2O3/c1-24-16-6-5-12(10-22-18(23)7-8-21)9-17(16)25-11-13-14(19)3-2-4-15(13)20/h2-6,9H,7,10-11H2,1H3,(H,22,23). The molecular weight excluding hydrogens is 363 g/mol. The number of ether oxygens (including phenoxy) is 2. The van der Waals surface area contributed by atoms with E-state index in [2.05, 4.69) is 5.32 Å². The topological polar surface area (TPSA) is 71.3 Å². The number of hydrogen-bond donors (Lipinski definition) is 1. The molecule has 2 aromatic rings. The molecule has 0 saturated heterocycles. The number of nitriles is 1. The minimum absolute atomic E-state index is 0.176. The van der Waals surface area contributed by atoms with Gasteiger partial charge in [-0.2, -0.15) is 5.26 Å². The van der Waals surface area contributed by atoms with E-state index >= 15 is 0 Å². The molecule has 0 unspecified atom stereocenters. The van der Waals surface area contributed by atoms with Crippen molar-refractivity contribution >= 4 is 29.1 Å². The number of carbonyl (C=O) groups is 1. The van der Waals surface area contributed by atoms with Gasteiger partial charge < -0.3 is 14.8 Å². The van der Waals surface area contributed by atoms with E-state index in [1.54, 1.807) is 49.6 Å². The van der Waals surface area contributed by atoms with Gasteiger partial charge in [-0.05, 0) is 29.8 Å². The van der Waals surface area contributed by atoms with Gasteiger partial charge in [-0.25, -0.2) is 0 Å². The minimum atomic E-state index is -0.330. The molecule has 1 amide bonds. The summed E-state index contributed by atoms with van der Waals surface area (Å²) in [4.78, 5) is 11.4. The first kappa shape index (κ1) is 18.9. The Hall–Kier alpha value is -2.42. The summed E-state index contributed by atoms with van der Waals surface area (Å²) in [6, 6.07) is 12.4. The lowest BCUT2D eigenvalue weighted by molar-refractivity contribution is -0.120. The maximum atomic E-state index is 11.4. The van der Waals surface area contributed by atoms with Gasteiger partial charge in [0.2, 0.25) is 5.91 Å². The number of halogens is 2. The molecule has 0 saturated carbocycles. The summed E-state index contributed by atoms with van der Waals surface area (Å²) >= 11 is 12.3. The molecule has 0 aliphatic rings. The number of methoxy groups -OCH3 is 1. The average Bonchev–Trinajstić information content (AvgIpc) is 2.60. The van der Waals surface area contributed by atoms with Gasteiger partial charge in [-0.1, -0.05) is 35.3 Å². The number of nitrogens with one attached hydrogen (secondary N) is 1. The van der Waals surface area contributed by atoms with Crippen molar-refractivity contribution in [3.05, 3.63) is 57.6 Å². The molecule has 5 nitrogen and oxygen atoms in total. The second-order valence-corrected chi connectivity index (χ2v) is 5.90. The van der Waals surface area contributed by atoms with Crippen LogP contribution in [0.25, 0.3) is 0 Å². The average molecular weight is 379 g/mol. The zero-order valence-corrected chi connectivity index (χ0v) is 15.0. The van der Waals surface area contributed by atoms with Crippen molar-refractivity contribution < 1.29 is 14.3 Å². The third kappa shape index (κ3) is 5.28. The highest BCUT2D eigenvalue weighted by atomic mass is 35.5. The number of nitrogens with zero attached hydrogens (tertiary/aromatic N) is 1. The lowest BCUT2D eigenvalue weighted by Gasteiger charge is -2.14. The van der Waals surface area contributed by atoms with Crippen LogP contribution in [0, 0.1) is 11.3 Å². The Balaban J connectivity index is 2.12. The van der Waals surface area contributed by atoms with E-state index in [1.807, 2.05) is 0 Å². The Kier molecular flexibility index (Phi) is 6.93. The Labute approximate surface area is 156 Å². The van der Waals surface area contributed by atoms with Crippen LogP contribution in [0.1, 0.15) is 17.5 Å². The van der Waals surface area contributed by atoms with E-state index in [1.165, 1.54) is 0 Å². The molecule has 0 spiro atoms. The van der Waals surface area contributed by atoms with Gasteiger partial charge in [-0.15, -0.1) is 0 Å². The van der Waals surface area contributed by atoms with E-state index in [0.717, 1.165) is 5.56 Å². The van der Waals surface area contributed by atoms with Crippen LogP contribution in [0.3, 0.4) is 0 Å². The summed E-state index contributed by atoms with van der Waals surface area (Å²) in [5.74, 6) is 0.726. The molecule has 0 bridgehead atoms. The highest BCUT2D eigenvalue weighted by Gasteiger charge is 2.10. The largest absolute Gasteiger partial charge is 0.493 e. The lowest BCUT2D eigenvalue weighted by Crippen LogP contribution is -2.21. The fourth-order valence-corrected chi connectivity index (χ4v) is 2.61. The summed E-state index contributed by atoms with van der Waals surface area (Å²) in [5.41, 5.74) is 1.49. The second-order valence-electron chi connectivity index (χ2n) is 5.09. The maximum absolute atomic E-state index is 11.4. The Morgan fingerprint density at radius 3 is 2.56 bits per heavy atom. The molecule has 7 heteroatoms. The highest BCUT2D eigenvalue weighted by molar-refractivity contribution is 6.35. The van der Waals surface area contributed by atoms with Crippen molar-refractivity contribution in [2.45, 2.75) is 19.6 Å². The van der Waals surface area contributed by atoms with Crippen molar-refractivity contribution in [2.75, 3.05) is 7.11 Å². The van der Waals surface area contributed by atoms with Crippen LogP contribution in [0.15, 0.2) is 36.4 Å². The quantitative estimate of drug-likeness (QED) is 0.786. The van der Waals surface area contributed by atoms with Crippen LogP contribution >= 0.6 is 23.2 Å². The number of hydrogen-bond acceptors (Lipinski definition) is 4. The molecular formula is C18H16Cl2N2O3. The normalized spacial score (nSPS) is 10.0. The number of amides is 1. The predicted octanol–water partition coefficient (Wildman–Crippen LogP) is 4.11. The van der Waals surface area contributed by atoms with Gasteiger partial charge in [0.15, 0.2) is 11.5 Å². The molecule has 25 heavy (non-hydrogen) atoms. The van der Waals surface area contributed by atoms with Crippen LogP contribution in [-0.2, 0) is 17.9 Å². The minimum Gasteiger partial charge on any atom is -0.493 e. The molecule has 0 radical (unpaired) electrons. The van der Waals surface area contributed by atoms with E-state index < -0.39 is 0 Å². The van der Waals surface area contributed by atoms with Gasteiger partial charge in [0, 0.05) is 22.2 Å². The Morgan fingerprint density at radius 2 is 1.92 bits per heavy atom. The first-order valence-corrected chi connectivity index (χ1v) is 8.17. The maximum Gasteiger partial charge on any atom is 0.234 e. The number of carbonyl (C=O) groups excluding carboxylic acids is 1. The predicted molar refractivity (Wildman–Crippen MR) is 95.9 cm³/mol. The summed E-state index contributed by atoms with van der Waals surface area (Å²) in [6.45, 7) is 0.465. The van der Waals surface area contributed by atoms with Crippen molar-refractivity contribution in [2.24, 2.45) is 0 Å². The Bertz CT molecular complexity index is 783. The monoisotopic (exact) mass is 378 g/mol. The molecule has 130 valence electrons. The van der Waals surface area contributed by atoms with Crippen LogP contribution < -0.4 is 14.8 Å². The molecule has 0 heterocycles. The molecule has 0 aliphatic heterocycles. The van der Waals surface area contributed by atoms with E-state index in [0.29, 0.717) is 27.1 Å². The smallest absolute Gasteiger partial charge is 0.234 e. The summed E-state index contributed by atoms with van der Waals surface area (Å²) in [6.07, 6.45) is -0.176. The van der Waals surface area contributed by atoms with Gasteiger partial charge in [0.25, 0.3) is 0 Å². The van der Waals surface area contributed by atoms with Crippen molar-refractivity contribution in [1.29, 1.82) is 5.26 Å². The lowest BCUT2D eigenvalue weighted by atomic mass is 10.2. The zero-order valence-electron chi connectivity index (χ0n) is 13.5. The molecule has 0 aromatic heterocycles. The highest BCUT2D eigenvalue weighted by Crippen LogP contribution is 2.31. The van der Waals surface area contributed by atoms with Gasteiger partial charge in [-0.3, -0.25) is 4.79 Å². The summed E-state index contributed by atoms with van der Waals surface area (Å²) in [5, 5.41) is 12.2. The third-order valence-electron chi connectivity index (χ3n) is 3.39. The van der Waals surface area contributed by atoms with Gasteiger partial charge in [0.05, 0.1) is 13.2 Å². The van der Waals surface area contributed by atoms with Crippen molar-refractivity contribution in [1.82, 2.24) is 5.32 Å². The molecule has 0 fully saturated rings. The molecule has 0 aliphatic carbocycles. The molecule has 1 N–H and O–H groups in total. The second kappa shape index (κ2) is 9.16. The summed E-state index contributed by atoms with van der Waals surface area (Å²) in [7, 11) is 1.54. The van der Waals surface area contributed by atoms with E-state index in [4.69, 9.17) is 37.9 Å². The number of benzene rings is 2. The first-order chi connectivity index (χ1) is 12.0. The van der Waals surface area contributed by atoms with Crippen LogP contribution in [-0.4, -0.2) is 13.0 Å². The van der Waals surface area contributed by atoms with Crippen LogP contribution in [0.4, 0.5) is 0 Å². The molecule has 2 rings (SSSR count). The molecule has 2 aromatic carbocycles. The van der Waals surface area contributed by atoms with Crippen molar-refractivity contribution in [3.63, 3.8) is 0 Å². The fraction of sp³-hybridized carbons (Fsp3) is 0.222. The van der Waals surface area contributed by atoms with Crippen LogP contribution in [0.5, 0.6) is 11.5 Å². The van der Waals surface area contributed by atoms with E-state index in [9.17, 15) is 4.79 Å². The summed E-state index contributed by atoms with van der Waals surface area (Å²) < 4.78 is 11.1.